The molecule has 1 aromatic carbocycles. The SMILES string of the molecule is C=CC(=O)Nc1cccc(CC(=O)NCC(CO)CC2CCOCC2)c1. The van der Waals surface area contributed by atoms with Crippen LogP contribution in [0.25, 0.3) is 0 Å². The minimum absolute atomic E-state index is 0.0697. The highest BCUT2D eigenvalue weighted by Crippen LogP contribution is 2.22. The third kappa shape index (κ3) is 6.98. The summed E-state index contributed by atoms with van der Waals surface area (Å²) in [5.41, 5.74) is 1.45. The topological polar surface area (TPSA) is 87.7 Å². The summed E-state index contributed by atoms with van der Waals surface area (Å²) in [6.07, 6.45) is 4.38. The van der Waals surface area contributed by atoms with E-state index in [1.54, 1.807) is 18.2 Å². The third-order valence-electron chi connectivity index (χ3n) is 4.60. The fraction of sp³-hybridized carbons (Fsp3) is 0.500. The lowest BCUT2D eigenvalue weighted by molar-refractivity contribution is -0.120. The number of benzene rings is 1. The first-order valence-corrected chi connectivity index (χ1v) is 9.08. The van der Waals surface area contributed by atoms with Gasteiger partial charge in [0.15, 0.2) is 0 Å². The van der Waals surface area contributed by atoms with Crippen molar-refractivity contribution in [2.24, 2.45) is 11.8 Å². The van der Waals surface area contributed by atoms with Gasteiger partial charge in [0.05, 0.1) is 6.42 Å². The van der Waals surface area contributed by atoms with E-state index in [9.17, 15) is 14.7 Å². The smallest absolute Gasteiger partial charge is 0.247 e. The average Bonchev–Trinajstić information content (AvgIpc) is 2.66. The molecule has 1 fully saturated rings. The monoisotopic (exact) mass is 360 g/mol. The second kappa shape index (κ2) is 10.7. The number of anilines is 1. The van der Waals surface area contributed by atoms with E-state index in [0.29, 0.717) is 18.2 Å². The van der Waals surface area contributed by atoms with E-state index in [2.05, 4.69) is 17.2 Å². The molecule has 1 aliphatic rings. The van der Waals surface area contributed by atoms with Gasteiger partial charge in [0.2, 0.25) is 11.8 Å². The van der Waals surface area contributed by atoms with Crippen molar-refractivity contribution in [3.63, 3.8) is 0 Å². The Balaban J connectivity index is 1.79. The van der Waals surface area contributed by atoms with Crippen LogP contribution < -0.4 is 10.6 Å². The summed E-state index contributed by atoms with van der Waals surface area (Å²) in [4.78, 5) is 23.5. The van der Waals surface area contributed by atoms with E-state index in [1.807, 2.05) is 6.07 Å². The second-order valence-corrected chi connectivity index (χ2v) is 6.71. The van der Waals surface area contributed by atoms with Gasteiger partial charge in [-0.15, -0.1) is 0 Å². The highest BCUT2D eigenvalue weighted by molar-refractivity contribution is 5.98. The summed E-state index contributed by atoms with van der Waals surface area (Å²) in [6, 6.07) is 7.17. The second-order valence-electron chi connectivity index (χ2n) is 6.71. The first-order valence-electron chi connectivity index (χ1n) is 9.08. The van der Waals surface area contributed by atoms with Gasteiger partial charge in [-0.3, -0.25) is 9.59 Å². The van der Waals surface area contributed by atoms with Crippen LogP contribution in [-0.2, 0) is 20.7 Å². The van der Waals surface area contributed by atoms with Crippen LogP contribution in [0.2, 0.25) is 0 Å². The molecule has 0 aromatic heterocycles. The molecule has 0 radical (unpaired) electrons. The van der Waals surface area contributed by atoms with Gasteiger partial charge in [0, 0.05) is 32.1 Å². The Kier molecular flexibility index (Phi) is 8.31. The van der Waals surface area contributed by atoms with E-state index in [-0.39, 0.29) is 30.8 Å². The number of hydrogen-bond acceptors (Lipinski definition) is 4. The van der Waals surface area contributed by atoms with Gasteiger partial charge in [-0.1, -0.05) is 18.7 Å². The maximum absolute atomic E-state index is 12.2. The number of carbonyl (C=O) groups is 2. The molecule has 26 heavy (non-hydrogen) atoms. The Morgan fingerprint density at radius 3 is 2.81 bits per heavy atom. The maximum atomic E-state index is 12.2. The molecule has 6 nitrogen and oxygen atoms in total. The molecule has 2 rings (SSSR count). The average molecular weight is 360 g/mol. The van der Waals surface area contributed by atoms with Gasteiger partial charge in [-0.25, -0.2) is 0 Å². The number of carbonyl (C=O) groups excluding carboxylic acids is 2. The molecule has 6 heteroatoms. The largest absolute Gasteiger partial charge is 0.396 e. The van der Waals surface area contributed by atoms with Crippen molar-refractivity contribution >= 4 is 17.5 Å². The van der Waals surface area contributed by atoms with Gasteiger partial charge >= 0.3 is 0 Å². The van der Waals surface area contributed by atoms with E-state index >= 15 is 0 Å². The van der Waals surface area contributed by atoms with Gasteiger partial charge in [-0.05, 0) is 54.9 Å². The predicted molar refractivity (Wildman–Crippen MR) is 101 cm³/mol. The summed E-state index contributed by atoms with van der Waals surface area (Å²) in [5, 5.41) is 15.2. The standard InChI is InChI=1S/C20H28N2O4/c1-2-19(24)22-18-5-3-4-16(11-18)12-20(25)21-13-17(14-23)10-15-6-8-26-9-7-15/h2-5,11,15,17,23H,1,6-10,12-14H2,(H,21,25)(H,22,24). The Hall–Kier alpha value is -2.18. The maximum Gasteiger partial charge on any atom is 0.247 e. The van der Waals surface area contributed by atoms with E-state index < -0.39 is 0 Å². The molecule has 1 heterocycles. The van der Waals surface area contributed by atoms with Crippen molar-refractivity contribution in [2.45, 2.75) is 25.7 Å². The predicted octanol–water partition coefficient (Wildman–Crippen LogP) is 1.89. The van der Waals surface area contributed by atoms with Crippen LogP contribution in [-0.4, -0.2) is 43.3 Å². The Bertz CT molecular complexity index is 612. The Morgan fingerprint density at radius 1 is 1.35 bits per heavy atom. The summed E-state index contributed by atoms with van der Waals surface area (Å²) < 4.78 is 5.36. The van der Waals surface area contributed by atoms with Crippen molar-refractivity contribution < 1.29 is 19.4 Å². The molecule has 1 aliphatic heterocycles. The van der Waals surface area contributed by atoms with Crippen LogP contribution in [0.3, 0.4) is 0 Å². The molecular formula is C20H28N2O4. The van der Waals surface area contributed by atoms with E-state index in [0.717, 1.165) is 38.0 Å². The number of ether oxygens (including phenoxy) is 1. The van der Waals surface area contributed by atoms with Crippen molar-refractivity contribution in [3.05, 3.63) is 42.5 Å². The van der Waals surface area contributed by atoms with Gasteiger partial charge in [-0.2, -0.15) is 0 Å². The van der Waals surface area contributed by atoms with Crippen molar-refractivity contribution in [1.82, 2.24) is 5.32 Å². The molecule has 1 saturated heterocycles. The lowest BCUT2D eigenvalue weighted by Crippen LogP contribution is -2.33. The van der Waals surface area contributed by atoms with E-state index in [1.165, 1.54) is 6.08 Å². The molecule has 0 aliphatic carbocycles. The highest BCUT2D eigenvalue weighted by atomic mass is 16.5. The number of aliphatic hydroxyl groups excluding tert-OH is 1. The summed E-state index contributed by atoms with van der Waals surface area (Å²) in [6.45, 7) is 5.53. The number of aliphatic hydroxyl groups is 1. The molecule has 142 valence electrons. The molecule has 2 amide bonds. The molecule has 0 spiro atoms. The first kappa shape index (κ1) is 20.1. The molecule has 3 N–H and O–H groups in total. The van der Waals surface area contributed by atoms with Crippen molar-refractivity contribution in [3.8, 4) is 0 Å². The molecule has 1 aromatic rings. The normalized spacial score (nSPS) is 15.9. The molecule has 0 saturated carbocycles. The lowest BCUT2D eigenvalue weighted by Gasteiger charge is -2.25. The molecule has 1 atom stereocenters. The summed E-state index contributed by atoms with van der Waals surface area (Å²) in [5.74, 6) is 0.247. The highest BCUT2D eigenvalue weighted by Gasteiger charge is 2.19. The van der Waals surface area contributed by atoms with Crippen LogP contribution in [0, 0.1) is 11.8 Å². The van der Waals surface area contributed by atoms with Crippen molar-refractivity contribution in [2.75, 3.05) is 31.7 Å². The summed E-state index contributed by atoms with van der Waals surface area (Å²) in [7, 11) is 0. The number of nitrogens with one attached hydrogen (secondary N) is 2. The van der Waals surface area contributed by atoms with Crippen molar-refractivity contribution in [1.29, 1.82) is 0 Å². The molecular weight excluding hydrogens is 332 g/mol. The zero-order valence-electron chi connectivity index (χ0n) is 15.1. The number of hydrogen-bond donors (Lipinski definition) is 3. The number of amides is 2. The van der Waals surface area contributed by atoms with Gasteiger partial charge < -0.3 is 20.5 Å². The van der Waals surface area contributed by atoms with Gasteiger partial charge in [0.1, 0.15) is 0 Å². The molecule has 0 bridgehead atoms. The molecule has 1 unspecified atom stereocenters. The zero-order valence-corrected chi connectivity index (χ0v) is 15.1. The minimum Gasteiger partial charge on any atom is -0.396 e. The Labute approximate surface area is 154 Å². The Morgan fingerprint density at radius 2 is 2.12 bits per heavy atom. The third-order valence-corrected chi connectivity index (χ3v) is 4.60. The zero-order chi connectivity index (χ0) is 18.8. The van der Waals surface area contributed by atoms with Crippen LogP contribution in [0.5, 0.6) is 0 Å². The minimum atomic E-state index is -0.287. The number of rotatable bonds is 9. The quantitative estimate of drug-likeness (QED) is 0.587. The van der Waals surface area contributed by atoms with E-state index in [4.69, 9.17) is 4.74 Å². The van der Waals surface area contributed by atoms with Crippen LogP contribution in [0.15, 0.2) is 36.9 Å². The first-order chi connectivity index (χ1) is 12.6. The van der Waals surface area contributed by atoms with Gasteiger partial charge in [0.25, 0.3) is 0 Å². The van der Waals surface area contributed by atoms with Crippen LogP contribution >= 0.6 is 0 Å². The van der Waals surface area contributed by atoms with Crippen LogP contribution in [0.4, 0.5) is 5.69 Å². The summed E-state index contributed by atoms with van der Waals surface area (Å²) >= 11 is 0. The fourth-order valence-corrected chi connectivity index (χ4v) is 3.13. The van der Waals surface area contributed by atoms with Crippen LogP contribution in [0.1, 0.15) is 24.8 Å². The fourth-order valence-electron chi connectivity index (χ4n) is 3.13. The lowest BCUT2D eigenvalue weighted by atomic mass is 9.89.